The van der Waals surface area contributed by atoms with Gasteiger partial charge in [0.25, 0.3) is 5.91 Å². The average molecular weight is 633 g/mol. The molecule has 0 saturated heterocycles. The smallest absolute Gasteiger partial charge is 0.416 e. The average Bonchev–Trinajstić information content (AvgIpc) is 3.30. The summed E-state index contributed by atoms with van der Waals surface area (Å²) in [4.78, 5) is 42.3. The van der Waals surface area contributed by atoms with Gasteiger partial charge in [0.15, 0.2) is 5.76 Å². The number of nitrogens with one attached hydrogen (secondary N) is 3. The van der Waals surface area contributed by atoms with E-state index in [-0.39, 0.29) is 48.3 Å². The lowest BCUT2D eigenvalue weighted by atomic mass is 9.99. The molecule has 12 nitrogen and oxygen atoms in total. The molecule has 1 aliphatic rings. The SMILES string of the molecule is Cc1noc(C)c1NC(=O)N(C)C[C@H]1Oc2ccc(NC(=O)Nc3ccc(C(F)(F)F)cc3)cc2C(=O)N([C@H](C)CO)C[C@H]1C. The summed E-state index contributed by atoms with van der Waals surface area (Å²) in [7, 11) is 1.60. The van der Waals surface area contributed by atoms with E-state index in [0.29, 0.717) is 17.1 Å². The Morgan fingerprint density at radius 2 is 1.76 bits per heavy atom. The molecule has 2 heterocycles. The monoisotopic (exact) mass is 632 g/mol. The van der Waals surface area contributed by atoms with E-state index in [1.165, 1.54) is 28.0 Å². The van der Waals surface area contributed by atoms with Gasteiger partial charge in [-0.05, 0) is 63.2 Å². The summed E-state index contributed by atoms with van der Waals surface area (Å²) < 4.78 is 50.0. The molecule has 1 aliphatic heterocycles. The lowest BCUT2D eigenvalue weighted by molar-refractivity contribution is -0.137. The number of aromatic nitrogens is 1. The number of urea groups is 2. The van der Waals surface area contributed by atoms with Gasteiger partial charge in [0.05, 0.1) is 30.3 Å². The number of carbonyl (C=O) groups is 3. The standard InChI is InChI=1S/C30H35F3N6O6/c1-16-13-39(17(2)15-40)27(41)23-12-22(35-28(42)34-21-8-6-20(7-9-21)30(31,32)33)10-11-24(23)44-25(16)14-38(5)29(43)36-26-18(3)37-45-19(26)4/h6-12,16-17,25,40H,13-15H2,1-5H3,(H,36,43)(H2,34,35,42)/t16-,17-,25-/m1/s1. The first kappa shape index (κ1) is 33.1. The highest BCUT2D eigenvalue weighted by Crippen LogP contribution is 2.32. The third-order valence-electron chi connectivity index (χ3n) is 7.46. The van der Waals surface area contributed by atoms with Gasteiger partial charge in [-0.15, -0.1) is 0 Å². The molecule has 1 aromatic heterocycles. The normalized spacial score (nSPS) is 17.4. The molecular weight excluding hydrogens is 597 g/mol. The molecular formula is C30H35F3N6O6. The van der Waals surface area contributed by atoms with Crippen molar-refractivity contribution in [3.8, 4) is 5.75 Å². The zero-order chi connectivity index (χ0) is 33.1. The van der Waals surface area contributed by atoms with Gasteiger partial charge >= 0.3 is 18.2 Å². The van der Waals surface area contributed by atoms with Crippen molar-refractivity contribution >= 4 is 35.0 Å². The molecule has 0 spiro atoms. The van der Waals surface area contributed by atoms with Crippen molar-refractivity contribution < 1.29 is 41.9 Å². The van der Waals surface area contributed by atoms with Crippen LogP contribution in [0.1, 0.15) is 41.2 Å². The highest BCUT2D eigenvalue weighted by atomic mass is 19.4. The number of rotatable bonds is 7. The molecule has 4 rings (SSSR count). The topological polar surface area (TPSA) is 149 Å². The molecule has 3 aromatic rings. The maximum atomic E-state index is 13.7. The van der Waals surface area contributed by atoms with Crippen LogP contribution >= 0.6 is 0 Å². The van der Waals surface area contributed by atoms with Gasteiger partial charge in [0.1, 0.15) is 23.2 Å². The number of halogens is 3. The first-order chi connectivity index (χ1) is 21.2. The maximum absolute atomic E-state index is 13.7. The molecule has 15 heteroatoms. The van der Waals surface area contributed by atoms with Crippen molar-refractivity contribution in [1.82, 2.24) is 15.0 Å². The Morgan fingerprint density at radius 3 is 2.36 bits per heavy atom. The Bertz CT molecular complexity index is 1520. The molecule has 242 valence electrons. The Labute approximate surface area is 257 Å². The fourth-order valence-electron chi connectivity index (χ4n) is 4.77. The Balaban J connectivity index is 1.54. The molecule has 0 fully saturated rings. The van der Waals surface area contributed by atoms with Crippen LogP contribution in [0, 0.1) is 19.8 Å². The Kier molecular flexibility index (Phi) is 9.91. The van der Waals surface area contributed by atoms with Crippen molar-refractivity contribution in [3.05, 3.63) is 65.0 Å². The highest BCUT2D eigenvalue weighted by Gasteiger charge is 2.34. The summed E-state index contributed by atoms with van der Waals surface area (Å²) in [5.41, 5.74) is 0.613. The van der Waals surface area contributed by atoms with Gasteiger partial charge < -0.3 is 40.1 Å². The number of likely N-dealkylation sites (N-methyl/N-ethyl adjacent to an activating group) is 1. The van der Waals surface area contributed by atoms with Gasteiger partial charge in [-0.25, -0.2) is 9.59 Å². The fourth-order valence-corrected chi connectivity index (χ4v) is 4.77. The number of fused-ring (bicyclic) bond motifs is 1. The van der Waals surface area contributed by atoms with Crippen LogP contribution in [0.3, 0.4) is 0 Å². The summed E-state index contributed by atoms with van der Waals surface area (Å²) in [5.74, 6) is -0.0332. The Morgan fingerprint density at radius 1 is 1.11 bits per heavy atom. The minimum atomic E-state index is -4.51. The number of anilines is 3. The molecule has 0 bridgehead atoms. The van der Waals surface area contributed by atoms with E-state index in [1.54, 1.807) is 27.8 Å². The van der Waals surface area contributed by atoms with Gasteiger partial charge in [0, 0.05) is 30.9 Å². The number of ether oxygens (including phenoxy) is 1. The van der Waals surface area contributed by atoms with Crippen LogP contribution in [0.2, 0.25) is 0 Å². The number of benzene rings is 2. The minimum Gasteiger partial charge on any atom is -0.487 e. The number of nitrogens with zero attached hydrogens (tertiary/aromatic N) is 3. The maximum Gasteiger partial charge on any atom is 0.416 e. The molecule has 0 radical (unpaired) electrons. The van der Waals surface area contributed by atoms with E-state index < -0.39 is 41.9 Å². The van der Waals surface area contributed by atoms with Crippen molar-refractivity contribution in [2.75, 3.05) is 42.7 Å². The van der Waals surface area contributed by atoms with Crippen LogP contribution in [0.5, 0.6) is 5.75 Å². The van der Waals surface area contributed by atoms with Crippen molar-refractivity contribution in [3.63, 3.8) is 0 Å². The molecule has 45 heavy (non-hydrogen) atoms. The van der Waals surface area contributed by atoms with Crippen LogP contribution in [-0.4, -0.2) is 76.9 Å². The number of hydrogen-bond donors (Lipinski definition) is 4. The number of aliphatic hydroxyl groups is 1. The van der Waals surface area contributed by atoms with Crippen LogP contribution in [0.4, 0.5) is 39.8 Å². The second-order valence-electron chi connectivity index (χ2n) is 11.0. The van der Waals surface area contributed by atoms with Crippen LogP contribution in [-0.2, 0) is 6.18 Å². The predicted octanol–water partition coefficient (Wildman–Crippen LogP) is 5.34. The van der Waals surface area contributed by atoms with E-state index in [9.17, 15) is 32.7 Å². The number of carbonyl (C=O) groups excluding carboxylic acids is 3. The van der Waals surface area contributed by atoms with E-state index >= 15 is 0 Å². The lowest BCUT2D eigenvalue weighted by Crippen LogP contribution is -2.50. The number of aryl methyl sites for hydroxylation is 2. The van der Waals surface area contributed by atoms with E-state index in [1.807, 2.05) is 6.92 Å². The van der Waals surface area contributed by atoms with Crippen molar-refractivity contribution in [1.29, 1.82) is 0 Å². The second-order valence-corrected chi connectivity index (χ2v) is 11.0. The number of hydrogen-bond acceptors (Lipinski definition) is 7. The van der Waals surface area contributed by atoms with Gasteiger partial charge in [-0.1, -0.05) is 12.1 Å². The van der Waals surface area contributed by atoms with Crippen LogP contribution in [0.25, 0.3) is 0 Å². The summed E-state index contributed by atoms with van der Waals surface area (Å²) in [6.45, 7) is 7.01. The van der Waals surface area contributed by atoms with Crippen LogP contribution in [0.15, 0.2) is 47.0 Å². The number of aliphatic hydroxyl groups excluding tert-OH is 1. The molecule has 3 atom stereocenters. The van der Waals surface area contributed by atoms with Gasteiger partial charge in [-0.2, -0.15) is 13.2 Å². The first-order valence-electron chi connectivity index (χ1n) is 14.1. The lowest BCUT2D eigenvalue weighted by Gasteiger charge is -2.38. The predicted molar refractivity (Wildman–Crippen MR) is 159 cm³/mol. The third kappa shape index (κ3) is 7.84. The summed E-state index contributed by atoms with van der Waals surface area (Å²) in [5, 5.41) is 21.6. The second kappa shape index (κ2) is 13.5. The number of amides is 5. The third-order valence-corrected chi connectivity index (χ3v) is 7.46. The zero-order valence-electron chi connectivity index (χ0n) is 25.4. The van der Waals surface area contributed by atoms with Crippen molar-refractivity contribution in [2.24, 2.45) is 5.92 Å². The van der Waals surface area contributed by atoms with E-state index in [0.717, 1.165) is 24.3 Å². The molecule has 0 aliphatic carbocycles. The molecule has 5 amide bonds. The summed E-state index contributed by atoms with van der Waals surface area (Å²) >= 11 is 0. The largest absolute Gasteiger partial charge is 0.487 e. The summed E-state index contributed by atoms with van der Waals surface area (Å²) in [6, 6.07) is 6.68. The first-order valence-corrected chi connectivity index (χ1v) is 14.1. The van der Waals surface area contributed by atoms with Crippen LogP contribution < -0.4 is 20.7 Å². The van der Waals surface area contributed by atoms with Crippen molar-refractivity contribution in [2.45, 2.75) is 46.0 Å². The van der Waals surface area contributed by atoms with E-state index in [4.69, 9.17) is 9.26 Å². The molecule has 4 N–H and O–H groups in total. The molecule has 0 saturated carbocycles. The van der Waals surface area contributed by atoms with Gasteiger partial charge in [0.2, 0.25) is 0 Å². The molecule has 2 aromatic carbocycles. The minimum absolute atomic E-state index is 0.113. The fraction of sp³-hybridized carbons (Fsp3) is 0.400. The van der Waals surface area contributed by atoms with E-state index in [2.05, 4.69) is 21.1 Å². The zero-order valence-corrected chi connectivity index (χ0v) is 25.4. The Hall–Kier alpha value is -4.79. The summed E-state index contributed by atoms with van der Waals surface area (Å²) in [6.07, 6.45) is -5.08. The number of alkyl halides is 3. The van der Waals surface area contributed by atoms with Gasteiger partial charge in [-0.3, -0.25) is 4.79 Å². The molecule has 0 unspecified atom stereocenters. The highest BCUT2D eigenvalue weighted by molar-refractivity contribution is 6.02. The quantitative estimate of drug-likeness (QED) is 0.275.